The van der Waals surface area contributed by atoms with E-state index in [9.17, 15) is 27.2 Å². The summed E-state index contributed by atoms with van der Waals surface area (Å²) in [5.74, 6) is -3.39. The number of aromatic nitrogens is 2. The first-order valence-corrected chi connectivity index (χ1v) is 9.86. The zero-order valence-corrected chi connectivity index (χ0v) is 16.6. The second-order valence-corrected chi connectivity index (χ2v) is 7.64. The number of rotatable bonds is 5. The first kappa shape index (κ1) is 21.9. The first-order valence-electron chi connectivity index (χ1n) is 9.86. The minimum atomic E-state index is -4.72. The molecule has 32 heavy (non-hydrogen) atoms. The summed E-state index contributed by atoms with van der Waals surface area (Å²) >= 11 is 0. The molecule has 2 amide bonds. The number of Topliss-reactive ketones (excluding diaryl/α,β-unsaturated/α-hetero) is 1. The average Bonchev–Trinajstić information content (AvgIpc) is 3.16. The van der Waals surface area contributed by atoms with E-state index in [1.165, 1.54) is 17.0 Å². The van der Waals surface area contributed by atoms with Gasteiger partial charge in [-0.1, -0.05) is 0 Å². The predicted molar refractivity (Wildman–Crippen MR) is 106 cm³/mol. The zero-order chi connectivity index (χ0) is 23.0. The van der Waals surface area contributed by atoms with Crippen molar-refractivity contribution in [2.45, 2.75) is 25.1 Å². The van der Waals surface area contributed by atoms with Gasteiger partial charge in [-0.05, 0) is 30.7 Å². The van der Waals surface area contributed by atoms with Gasteiger partial charge in [0, 0.05) is 19.5 Å². The van der Waals surface area contributed by atoms with Crippen LogP contribution in [0.1, 0.15) is 23.3 Å². The Balaban J connectivity index is 1.62. The van der Waals surface area contributed by atoms with Crippen LogP contribution in [0.4, 0.5) is 39.7 Å². The molecule has 2 aliphatic heterocycles. The number of ketones is 1. The minimum absolute atomic E-state index is 0.113. The number of fused-ring (bicyclic) bond motifs is 4. The van der Waals surface area contributed by atoms with E-state index in [2.05, 4.69) is 15.3 Å². The second-order valence-electron chi connectivity index (χ2n) is 7.64. The molecular weight excluding hydrogens is 434 g/mol. The van der Waals surface area contributed by atoms with E-state index < -0.39 is 42.8 Å². The number of carbonyl (C=O) groups excluding carboxylic acids is 2. The van der Waals surface area contributed by atoms with Crippen molar-refractivity contribution in [2.24, 2.45) is 5.92 Å². The number of halogens is 4. The van der Waals surface area contributed by atoms with Gasteiger partial charge in [-0.25, -0.2) is 19.2 Å². The lowest BCUT2D eigenvalue weighted by atomic mass is 10.0. The van der Waals surface area contributed by atoms with Crippen molar-refractivity contribution < 1.29 is 32.3 Å². The van der Waals surface area contributed by atoms with Gasteiger partial charge in [0.1, 0.15) is 17.3 Å². The van der Waals surface area contributed by atoms with Crippen LogP contribution in [0.25, 0.3) is 0 Å². The van der Waals surface area contributed by atoms with E-state index in [1.54, 1.807) is 6.07 Å². The molecule has 1 fully saturated rings. The molecule has 4 heterocycles. The third-order valence-corrected chi connectivity index (χ3v) is 5.53. The number of aliphatic hydroxyl groups is 1. The molecule has 8 nitrogen and oxygen atoms in total. The number of alkyl halides is 3. The number of anilines is 3. The Hall–Kier alpha value is -3.28. The summed E-state index contributed by atoms with van der Waals surface area (Å²) in [5, 5.41) is 11.6. The molecule has 0 spiro atoms. The summed E-state index contributed by atoms with van der Waals surface area (Å²) in [6.45, 7) is -0.0337. The van der Waals surface area contributed by atoms with Gasteiger partial charge < -0.3 is 10.0 Å². The van der Waals surface area contributed by atoms with Crippen LogP contribution in [0.5, 0.6) is 0 Å². The zero-order valence-electron chi connectivity index (χ0n) is 16.6. The lowest BCUT2D eigenvalue weighted by Gasteiger charge is -2.35. The highest BCUT2D eigenvalue weighted by molar-refractivity contribution is 6.05. The molecular formula is C20H19F4N5O3. The van der Waals surface area contributed by atoms with Gasteiger partial charge >= 0.3 is 12.2 Å². The quantitative estimate of drug-likeness (QED) is 0.534. The Labute approximate surface area is 179 Å². The van der Waals surface area contributed by atoms with Crippen LogP contribution in [0.15, 0.2) is 30.5 Å². The highest BCUT2D eigenvalue weighted by Gasteiger charge is 2.42. The van der Waals surface area contributed by atoms with E-state index in [0.717, 1.165) is 12.3 Å². The number of urea groups is 1. The van der Waals surface area contributed by atoms with Crippen molar-refractivity contribution >= 4 is 29.1 Å². The van der Waals surface area contributed by atoms with Gasteiger partial charge in [-0.3, -0.25) is 15.0 Å². The van der Waals surface area contributed by atoms with Gasteiger partial charge in [-0.15, -0.1) is 0 Å². The maximum atomic E-state index is 13.1. The number of nitrogens with one attached hydrogen (secondary N) is 1. The number of hydrogen-bond acceptors (Lipinski definition) is 6. The molecule has 0 aromatic carbocycles. The van der Waals surface area contributed by atoms with E-state index in [0.29, 0.717) is 25.2 Å². The summed E-state index contributed by atoms with van der Waals surface area (Å²) in [4.78, 5) is 36.8. The lowest BCUT2D eigenvalue weighted by Crippen LogP contribution is -2.48. The first-order chi connectivity index (χ1) is 15.2. The molecule has 0 saturated carbocycles. The number of pyridine rings is 2. The van der Waals surface area contributed by atoms with Gasteiger partial charge in [0.05, 0.1) is 30.5 Å². The van der Waals surface area contributed by atoms with Crippen LogP contribution in [-0.4, -0.2) is 58.8 Å². The number of carbonyl (C=O) groups is 2. The summed E-state index contributed by atoms with van der Waals surface area (Å²) in [7, 11) is 0. The summed E-state index contributed by atoms with van der Waals surface area (Å²) < 4.78 is 51.9. The fourth-order valence-electron chi connectivity index (χ4n) is 3.86. The van der Waals surface area contributed by atoms with Crippen molar-refractivity contribution in [3.05, 3.63) is 42.0 Å². The van der Waals surface area contributed by atoms with Gasteiger partial charge in [0.15, 0.2) is 11.6 Å². The Morgan fingerprint density at radius 2 is 2.03 bits per heavy atom. The number of amides is 2. The molecule has 2 aliphatic rings. The third-order valence-electron chi connectivity index (χ3n) is 5.53. The summed E-state index contributed by atoms with van der Waals surface area (Å²) in [5.41, 5.74) is 0.346. The van der Waals surface area contributed by atoms with Crippen molar-refractivity contribution in [2.75, 3.05) is 34.8 Å². The molecule has 0 radical (unpaired) electrons. The minimum Gasteiger partial charge on any atom is -0.396 e. The van der Waals surface area contributed by atoms with Crippen LogP contribution in [0, 0.1) is 11.7 Å². The van der Waals surface area contributed by atoms with Crippen molar-refractivity contribution in [1.29, 1.82) is 0 Å². The Morgan fingerprint density at radius 3 is 2.69 bits per heavy atom. The van der Waals surface area contributed by atoms with Crippen LogP contribution >= 0.6 is 0 Å². The Kier molecular flexibility index (Phi) is 5.71. The van der Waals surface area contributed by atoms with E-state index >= 15 is 0 Å². The van der Waals surface area contributed by atoms with Crippen molar-refractivity contribution in [3.63, 3.8) is 0 Å². The summed E-state index contributed by atoms with van der Waals surface area (Å²) in [6.07, 6.45) is -4.10. The SMILES string of the molecule is O=C(C[C@H](CO)C(F)(F)F)c1ccc2c(n1)N(C(=O)Nc1ccc(F)cn1)[C@H]1CCN2C1. The summed E-state index contributed by atoms with van der Waals surface area (Å²) in [6, 6.07) is 4.44. The molecule has 4 rings (SSSR count). The van der Waals surface area contributed by atoms with Gasteiger partial charge in [-0.2, -0.15) is 13.2 Å². The largest absolute Gasteiger partial charge is 0.396 e. The molecule has 1 saturated heterocycles. The number of aliphatic hydroxyl groups excluding tert-OH is 1. The maximum Gasteiger partial charge on any atom is 0.394 e. The molecule has 0 unspecified atom stereocenters. The molecule has 170 valence electrons. The molecule has 2 aromatic rings. The molecule has 0 aliphatic carbocycles. The monoisotopic (exact) mass is 453 g/mol. The van der Waals surface area contributed by atoms with E-state index in [-0.39, 0.29) is 23.4 Å². The Bertz CT molecular complexity index is 1030. The predicted octanol–water partition coefficient (Wildman–Crippen LogP) is 2.99. The van der Waals surface area contributed by atoms with Crippen LogP contribution in [-0.2, 0) is 0 Å². The smallest absolute Gasteiger partial charge is 0.394 e. The number of hydrogen-bond donors (Lipinski definition) is 2. The van der Waals surface area contributed by atoms with Crippen LogP contribution < -0.4 is 15.1 Å². The fraction of sp³-hybridized carbons (Fsp3) is 0.400. The molecule has 2 atom stereocenters. The van der Waals surface area contributed by atoms with E-state index in [4.69, 9.17) is 5.11 Å². The Morgan fingerprint density at radius 1 is 1.25 bits per heavy atom. The van der Waals surface area contributed by atoms with Gasteiger partial charge in [0.2, 0.25) is 0 Å². The van der Waals surface area contributed by atoms with Gasteiger partial charge in [0.25, 0.3) is 0 Å². The second kappa shape index (κ2) is 8.34. The average molecular weight is 453 g/mol. The lowest BCUT2D eigenvalue weighted by molar-refractivity contribution is -0.182. The maximum absolute atomic E-state index is 13.1. The molecule has 2 bridgehead atoms. The topological polar surface area (TPSA) is 98.7 Å². The fourth-order valence-corrected chi connectivity index (χ4v) is 3.86. The van der Waals surface area contributed by atoms with E-state index in [1.807, 2.05) is 4.90 Å². The molecule has 12 heteroatoms. The molecule has 2 N–H and O–H groups in total. The standard InChI is InChI=1S/C20H19F4N5O3/c21-12-1-4-17(25-8-12)27-19(32)29-13-5-6-28(9-13)15-3-2-14(26-18(15)29)16(31)7-11(10-30)20(22,23)24/h1-4,8,11,13,30H,5-7,9-10H2,(H,25,27,32)/t11-,13+/m1/s1. The highest BCUT2D eigenvalue weighted by atomic mass is 19.4. The third kappa shape index (κ3) is 4.22. The number of nitrogens with zero attached hydrogens (tertiary/aromatic N) is 4. The molecule has 2 aromatic heterocycles. The van der Waals surface area contributed by atoms with Crippen molar-refractivity contribution in [1.82, 2.24) is 9.97 Å². The highest BCUT2D eigenvalue weighted by Crippen LogP contribution is 2.39. The van der Waals surface area contributed by atoms with Crippen LogP contribution in [0.2, 0.25) is 0 Å². The van der Waals surface area contributed by atoms with Crippen molar-refractivity contribution in [3.8, 4) is 0 Å². The normalized spacial score (nSPS) is 18.3. The van der Waals surface area contributed by atoms with Crippen LogP contribution in [0.3, 0.4) is 0 Å².